The molecule has 0 saturated carbocycles. The molecule has 1 aliphatic heterocycles. The lowest BCUT2D eigenvalue weighted by Crippen LogP contribution is -2.52. The Bertz CT molecular complexity index is 801. The van der Waals surface area contributed by atoms with Crippen molar-refractivity contribution in [2.24, 2.45) is 0 Å². The zero-order chi connectivity index (χ0) is 19.9. The van der Waals surface area contributed by atoms with Crippen molar-refractivity contribution in [2.75, 3.05) is 44.7 Å². The summed E-state index contributed by atoms with van der Waals surface area (Å²) < 4.78 is 17.6. The highest BCUT2D eigenvalue weighted by Gasteiger charge is 2.21. The van der Waals surface area contributed by atoms with Crippen molar-refractivity contribution in [1.82, 2.24) is 10.2 Å². The first-order chi connectivity index (χ1) is 13.6. The van der Waals surface area contributed by atoms with E-state index >= 15 is 0 Å². The first kappa shape index (κ1) is 19.7. The van der Waals surface area contributed by atoms with E-state index in [0.29, 0.717) is 31.6 Å². The molecule has 0 aromatic heterocycles. The minimum Gasteiger partial charge on any atom is -0.465 e. The summed E-state index contributed by atoms with van der Waals surface area (Å²) in [6.07, 6.45) is 0.665. The number of methoxy groups -OCH3 is 1. The van der Waals surface area contributed by atoms with E-state index in [-0.39, 0.29) is 17.8 Å². The van der Waals surface area contributed by atoms with Gasteiger partial charge in [0.2, 0.25) is 0 Å². The maximum atomic E-state index is 12.9. The Morgan fingerprint density at radius 2 is 1.64 bits per heavy atom. The molecule has 0 aliphatic carbocycles. The van der Waals surface area contributed by atoms with Gasteiger partial charge in [-0.2, -0.15) is 0 Å². The highest BCUT2D eigenvalue weighted by molar-refractivity contribution is 5.89. The monoisotopic (exact) mass is 385 g/mol. The number of ether oxygens (including phenoxy) is 1. The molecule has 3 rings (SSSR count). The molecule has 28 heavy (non-hydrogen) atoms. The molecule has 2 aromatic rings. The van der Waals surface area contributed by atoms with Crippen LogP contribution in [0.5, 0.6) is 0 Å². The predicted molar refractivity (Wildman–Crippen MR) is 105 cm³/mol. The van der Waals surface area contributed by atoms with Gasteiger partial charge in [0.25, 0.3) is 0 Å². The minimum absolute atomic E-state index is 0.0807. The number of anilines is 1. The van der Waals surface area contributed by atoms with Crippen molar-refractivity contribution in [2.45, 2.75) is 6.42 Å². The number of piperazine rings is 1. The van der Waals surface area contributed by atoms with E-state index < -0.39 is 0 Å². The average molecular weight is 385 g/mol. The second-order valence-electron chi connectivity index (χ2n) is 6.62. The predicted octanol–water partition coefficient (Wildman–Crippen LogP) is 2.69. The fourth-order valence-electron chi connectivity index (χ4n) is 3.17. The van der Waals surface area contributed by atoms with Gasteiger partial charge in [-0.1, -0.05) is 12.1 Å². The number of rotatable bonds is 5. The number of halogens is 1. The molecule has 1 N–H and O–H groups in total. The fourth-order valence-corrected chi connectivity index (χ4v) is 3.17. The second kappa shape index (κ2) is 9.21. The molecule has 1 heterocycles. The van der Waals surface area contributed by atoms with Crippen molar-refractivity contribution in [3.8, 4) is 0 Å². The molecule has 1 aliphatic rings. The summed E-state index contributed by atoms with van der Waals surface area (Å²) in [6.45, 7) is 3.22. The molecular formula is C21H24FN3O3. The van der Waals surface area contributed by atoms with Crippen LogP contribution in [-0.2, 0) is 11.2 Å². The number of hydrogen-bond donors (Lipinski definition) is 1. The Morgan fingerprint density at radius 1 is 1.00 bits per heavy atom. The zero-order valence-corrected chi connectivity index (χ0v) is 15.9. The number of urea groups is 1. The molecule has 6 nitrogen and oxygen atoms in total. The van der Waals surface area contributed by atoms with Gasteiger partial charge in [-0.15, -0.1) is 0 Å². The van der Waals surface area contributed by atoms with Crippen LogP contribution in [0.4, 0.5) is 14.9 Å². The van der Waals surface area contributed by atoms with Gasteiger partial charge in [0.05, 0.1) is 12.7 Å². The van der Waals surface area contributed by atoms with Crippen molar-refractivity contribution < 1.29 is 18.7 Å². The highest BCUT2D eigenvalue weighted by atomic mass is 19.1. The van der Waals surface area contributed by atoms with E-state index in [2.05, 4.69) is 10.2 Å². The van der Waals surface area contributed by atoms with Crippen molar-refractivity contribution >= 4 is 17.7 Å². The normalized spacial score (nSPS) is 13.9. The van der Waals surface area contributed by atoms with Crippen LogP contribution < -0.4 is 10.2 Å². The Labute approximate surface area is 163 Å². The molecule has 1 saturated heterocycles. The van der Waals surface area contributed by atoms with Crippen molar-refractivity contribution in [3.63, 3.8) is 0 Å². The highest BCUT2D eigenvalue weighted by Crippen LogP contribution is 2.18. The van der Waals surface area contributed by atoms with Crippen LogP contribution in [0.2, 0.25) is 0 Å². The van der Waals surface area contributed by atoms with Gasteiger partial charge in [0.15, 0.2) is 0 Å². The summed E-state index contributed by atoms with van der Waals surface area (Å²) in [6, 6.07) is 13.5. The number of carbonyl (C=O) groups is 2. The molecule has 0 unspecified atom stereocenters. The lowest BCUT2D eigenvalue weighted by molar-refractivity contribution is 0.0600. The third-order valence-electron chi connectivity index (χ3n) is 4.82. The van der Waals surface area contributed by atoms with Gasteiger partial charge in [-0.05, 0) is 48.4 Å². The Balaban J connectivity index is 1.43. The van der Waals surface area contributed by atoms with Crippen molar-refractivity contribution in [1.29, 1.82) is 0 Å². The average Bonchev–Trinajstić information content (AvgIpc) is 2.74. The third kappa shape index (κ3) is 5.00. The van der Waals surface area contributed by atoms with Gasteiger partial charge < -0.3 is 19.9 Å². The van der Waals surface area contributed by atoms with Crippen LogP contribution >= 0.6 is 0 Å². The minimum atomic E-state index is -0.353. The number of nitrogens with one attached hydrogen (secondary N) is 1. The molecule has 0 bridgehead atoms. The van der Waals surface area contributed by atoms with Crippen LogP contribution in [0, 0.1) is 5.82 Å². The summed E-state index contributed by atoms with van der Waals surface area (Å²) >= 11 is 0. The van der Waals surface area contributed by atoms with Gasteiger partial charge >= 0.3 is 12.0 Å². The van der Waals surface area contributed by atoms with E-state index in [1.165, 1.54) is 19.2 Å². The van der Waals surface area contributed by atoms with Crippen LogP contribution in [0.15, 0.2) is 48.5 Å². The van der Waals surface area contributed by atoms with E-state index in [0.717, 1.165) is 24.3 Å². The number of amides is 2. The van der Waals surface area contributed by atoms with Gasteiger partial charge in [-0.25, -0.2) is 14.0 Å². The lowest BCUT2D eigenvalue weighted by Gasteiger charge is -2.36. The summed E-state index contributed by atoms with van der Waals surface area (Å²) in [4.78, 5) is 27.8. The van der Waals surface area contributed by atoms with Crippen molar-refractivity contribution in [3.05, 3.63) is 65.5 Å². The fraction of sp³-hybridized carbons (Fsp3) is 0.333. The topological polar surface area (TPSA) is 61.9 Å². The third-order valence-corrected chi connectivity index (χ3v) is 4.82. The van der Waals surface area contributed by atoms with E-state index in [9.17, 15) is 14.0 Å². The van der Waals surface area contributed by atoms with Gasteiger partial charge in [-0.3, -0.25) is 0 Å². The van der Waals surface area contributed by atoms with Crippen LogP contribution in [0.3, 0.4) is 0 Å². The van der Waals surface area contributed by atoms with Crippen LogP contribution in [0.1, 0.15) is 15.9 Å². The summed E-state index contributed by atoms with van der Waals surface area (Å²) in [5.41, 5.74) is 2.52. The summed E-state index contributed by atoms with van der Waals surface area (Å²) in [5, 5.41) is 2.92. The molecule has 0 spiro atoms. The second-order valence-corrected chi connectivity index (χ2v) is 6.62. The summed E-state index contributed by atoms with van der Waals surface area (Å²) in [5.74, 6) is -0.612. The Kier molecular flexibility index (Phi) is 6.47. The Hall–Kier alpha value is -3.09. The van der Waals surface area contributed by atoms with Gasteiger partial charge in [0, 0.05) is 38.4 Å². The molecule has 2 amide bonds. The van der Waals surface area contributed by atoms with Gasteiger partial charge in [0.1, 0.15) is 5.82 Å². The number of nitrogens with zero attached hydrogens (tertiary/aromatic N) is 2. The molecule has 2 aromatic carbocycles. The lowest BCUT2D eigenvalue weighted by atomic mass is 10.1. The standard InChI is InChI=1S/C21H24FN3O3/c1-28-20(26)17-4-8-19(9-5-17)24-12-14-25(15-13-24)21(27)23-11-10-16-2-6-18(22)7-3-16/h2-9H,10-15H2,1H3,(H,23,27). The molecule has 0 radical (unpaired) electrons. The quantitative estimate of drug-likeness (QED) is 0.804. The smallest absolute Gasteiger partial charge is 0.337 e. The number of carbonyl (C=O) groups excluding carboxylic acids is 2. The number of benzene rings is 2. The molecular weight excluding hydrogens is 361 g/mol. The molecule has 148 valence electrons. The maximum absolute atomic E-state index is 12.9. The van der Waals surface area contributed by atoms with E-state index in [1.54, 1.807) is 29.2 Å². The van der Waals surface area contributed by atoms with Crippen LogP contribution in [0.25, 0.3) is 0 Å². The molecule has 0 atom stereocenters. The first-order valence-corrected chi connectivity index (χ1v) is 9.27. The molecule has 7 heteroatoms. The SMILES string of the molecule is COC(=O)c1ccc(N2CCN(C(=O)NCCc3ccc(F)cc3)CC2)cc1. The van der Waals surface area contributed by atoms with E-state index in [1.807, 2.05) is 12.1 Å². The summed E-state index contributed by atoms with van der Waals surface area (Å²) in [7, 11) is 1.36. The number of esters is 1. The first-order valence-electron chi connectivity index (χ1n) is 9.27. The van der Waals surface area contributed by atoms with E-state index in [4.69, 9.17) is 4.74 Å². The molecule has 1 fully saturated rings. The maximum Gasteiger partial charge on any atom is 0.337 e. The number of hydrogen-bond acceptors (Lipinski definition) is 4. The zero-order valence-electron chi connectivity index (χ0n) is 15.9. The van der Waals surface area contributed by atoms with Crippen LogP contribution in [-0.4, -0.2) is 56.7 Å². The largest absolute Gasteiger partial charge is 0.465 e. The Morgan fingerprint density at radius 3 is 2.25 bits per heavy atom.